The van der Waals surface area contributed by atoms with Gasteiger partial charge in [-0.05, 0) is 23.6 Å². The molecule has 1 aliphatic rings. The molecule has 0 spiro atoms. The smallest absolute Gasteiger partial charge is 0.335 e. The Morgan fingerprint density at radius 3 is 2.78 bits per heavy atom. The van der Waals surface area contributed by atoms with Crippen LogP contribution in [0, 0.1) is 5.92 Å². The van der Waals surface area contributed by atoms with E-state index < -0.39 is 16.0 Å². The van der Waals surface area contributed by atoms with Crippen molar-refractivity contribution in [2.45, 2.75) is 13.5 Å². The highest BCUT2D eigenvalue weighted by molar-refractivity contribution is 7.89. The van der Waals surface area contributed by atoms with Crippen LogP contribution in [0.1, 0.15) is 22.8 Å². The number of nitrogens with zero attached hydrogens (tertiary/aromatic N) is 1. The van der Waals surface area contributed by atoms with Crippen LogP contribution < -0.4 is 0 Å². The summed E-state index contributed by atoms with van der Waals surface area (Å²) in [6.45, 7) is 2.64. The molecule has 6 heteroatoms. The van der Waals surface area contributed by atoms with Gasteiger partial charge in [0, 0.05) is 13.1 Å². The van der Waals surface area contributed by atoms with Crippen molar-refractivity contribution in [2.24, 2.45) is 5.92 Å². The minimum atomic E-state index is -3.18. The summed E-state index contributed by atoms with van der Waals surface area (Å²) in [6.07, 6.45) is 0. The van der Waals surface area contributed by atoms with Crippen molar-refractivity contribution in [1.82, 2.24) is 4.31 Å². The first-order valence-electron chi connectivity index (χ1n) is 5.68. The van der Waals surface area contributed by atoms with Crippen LogP contribution in [0.4, 0.5) is 0 Å². The molecule has 1 aromatic rings. The third kappa shape index (κ3) is 2.70. The maximum atomic E-state index is 11.8. The predicted octanol–water partition coefficient (Wildman–Crippen LogP) is 1.17. The number of rotatable bonds is 3. The third-order valence-electron chi connectivity index (χ3n) is 2.94. The Balaban J connectivity index is 2.20. The van der Waals surface area contributed by atoms with Gasteiger partial charge in [-0.25, -0.2) is 13.2 Å². The van der Waals surface area contributed by atoms with Crippen molar-refractivity contribution in [2.75, 3.05) is 12.3 Å². The van der Waals surface area contributed by atoms with Crippen molar-refractivity contribution in [3.8, 4) is 0 Å². The van der Waals surface area contributed by atoms with E-state index in [0.717, 1.165) is 0 Å². The van der Waals surface area contributed by atoms with E-state index in [1.807, 2.05) is 6.92 Å². The molecule has 1 N–H and O–H groups in total. The molecule has 0 saturated carbocycles. The van der Waals surface area contributed by atoms with E-state index in [2.05, 4.69) is 0 Å². The molecule has 1 atom stereocenters. The minimum Gasteiger partial charge on any atom is -0.478 e. The van der Waals surface area contributed by atoms with Gasteiger partial charge in [0.1, 0.15) is 0 Å². The second-order valence-corrected chi connectivity index (χ2v) is 6.70. The molecule has 1 fully saturated rings. The molecule has 2 rings (SSSR count). The molecule has 1 unspecified atom stereocenters. The Morgan fingerprint density at radius 2 is 2.22 bits per heavy atom. The zero-order valence-electron chi connectivity index (χ0n) is 10.0. The number of carboxylic acid groups (broad SMARTS) is 1. The molecule has 0 amide bonds. The van der Waals surface area contributed by atoms with Crippen LogP contribution in [0.2, 0.25) is 0 Å². The molecular formula is C12H15NO4S. The third-order valence-corrected chi connectivity index (χ3v) is 4.99. The molecule has 1 aliphatic heterocycles. The van der Waals surface area contributed by atoms with Gasteiger partial charge in [-0.3, -0.25) is 0 Å². The number of aromatic carboxylic acids is 1. The summed E-state index contributed by atoms with van der Waals surface area (Å²) in [7, 11) is -3.18. The van der Waals surface area contributed by atoms with E-state index in [1.165, 1.54) is 16.4 Å². The first-order chi connectivity index (χ1) is 8.38. The molecule has 1 saturated heterocycles. The summed E-state index contributed by atoms with van der Waals surface area (Å²) in [5, 5.41) is 8.88. The lowest BCUT2D eigenvalue weighted by molar-refractivity contribution is 0.0696. The highest BCUT2D eigenvalue weighted by Crippen LogP contribution is 2.21. The molecule has 1 aromatic carbocycles. The highest BCUT2D eigenvalue weighted by atomic mass is 32.2. The molecule has 1 heterocycles. The number of carbonyl (C=O) groups is 1. The Bertz CT molecular complexity index is 567. The average molecular weight is 269 g/mol. The quantitative estimate of drug-likeness (QED) is 0.893. The molecule has 0 bridgehead atoms. The SMILES string of the molecule is CC1CN(Cc2cccc(C(=O)O)c2)S(=O)(=O)C1. The first kappa shape index (κ1) is 13.0. The maximum absolute atomic E-state index is 11.8. The molecule has 5 nitrogen and oxygen atoms in total. The number of hydrogen-bond acceptors (Lipinski definition) is 3. The van der Waals surface area contributed by atoms with Crippen LogP contribution in [0.25, 0.3) is 0 Å². The number of sulfonamides is 1. The van der Waals surface area contributed by atoms with Crippen LogP contribution in [0.3, 0.4) is 0 Å². The van der Waals surface area contributed by atoms with Crippen molar-refractivity contribution < 1.29 is 18.3 Å². The second kappa shape index (κ2) is 4.70. The van der Waals surface area contributed by atoms with Crippen molar-refractivity contribution in [3.63, 3.8) is 0 Å². The summed E-state index contributed by atoms with van der Waals surface area (Å²) in [6, 6.07) is 6.38. The first-order valence-corrected chi connectivity index (χ1v) is 7.29. The van der Waals surface area contributed by atoms with Gasteiger partial charge in [0.25, 0.3) is 0 Å². The fourth-order valence-corrected chi connectivity index (χ4v) is 4.01. The van der Waals surface area contributed by atoms with Gasteiger partial charge in [0.15, 0.2) is 0 Å². The number of hydrogen-bond donors (Lipinski definition) is 1. The minimum absolute atomic E-state index is 0.123. The summed E-state index contributed by atoms with van der Waals surface area (Å²) < 4.78 is 25.0. The van der Waals surface area contributed by atoms with Crippen LogP contribution in [-0.2, 0) is 16.6 Å². The Hall–Kier alpha value is -1.40. The standard InChI is InChI=1S/C12H15NO4S/c1-9-6-13(18(16,17)8-9)7-10-3-2-4-11(5-10)12(14)15/h2-5,9H,6-8H2,1H3,(H,14,15). The van der Waals surface area contributed by atoms with Gasteiger partial charge >= 0.3 is 5.97 Å². The van der Waals surface area contributed by atoms with E-state index in [-0.39, 0.29) is 23.8 Å². The Morgan fingerprint density at radius 1 is 1.50 bits per heavy atom. The van der Waals surface area contributed by atoms with Crippen molar-refractivity contribution in [1.29, 1.82) is 0 Å². The van der Waals surface area contributed by atoms with E-state index >= 15 is 0 Å². The highest BCUT2D eigenvalue weighted by Gasteiger charge is 2.33. The fourth-order valence-electron chi connectivity index (χ4n) is 2.15. The van der Waals surface area contributed by atoms with Crippen LogP contribution in [-0.4, -0.2) is 36.1 Å². The normalized spacial score (nSPS) is 23.1. The zero-order valence-corrected chi connectivity index (χ0v) is 10.9. The molecule has 98 valence electrons. The fraction of sp³-hybridized carbons (Fsp3) is 0.417. The van der Waals surface area contributed by atoms with E-state index in [9.17, 15) is 13.2 Å². The molecular weight excluding hydrogens is 254 g/mol. The van der Waals surface area contributed by atoms with E-state index in [4.69, 9.17) is 5.11 Å². The van der Waals surface area contributed by atoms with Gasteiger partial charge in [0.2, 0.25) is 10.0 Å². The largest absolute Gasteiger partial charge is 0.478 e. The summed E-state index contributed by atoms with van der Waals surface area (Å²) >= 11 is 0. The maximum Gasteiger partial charge on any atom is 0.335 e. The number of carboxylic acids is 1. The Labute approximate surface area is 106 Å². The van der Waals surface area contributed by atoms with E-state index in [0.29, 0.717) is 12.1 Å². The van der Waals surface area contributed by atoms with Crippen molar-refractivity contribution >= 4 is 16.0 Å². The summed E-state index contributed by atoms with van der Waals surface area (Å²) in [4.78, 5) is 10.8. The monoisotopic (exact) mass is 269 g/mol. The zero-order chi connectivity index (χ0) is 13.3. The molecule has 0 radical (unpaired) electrons. The topological polar surface area (TPSA) is 74.7 Å². The molecule has 18 heavy (non-hydrogen) atoms. The van der Waals surface area contributed by atoms with Crippen LogP contribution in [0.5, 0.6) is 0 Å². The van der Waals surface area contributed by atoms with Crippen LogP contribution in [0.15, 0.2) is 24.3 Å². The Kier molecular flexibility index (Phi) is 3.41. The van der Waals surface area contributed by atoms with Gasteiger partial charge < -0.3 is 5.11 Å². The second-order valence-electron chi connectivity index (χ2n) is 4.68. The predicted molar refractivity (Wildman–Crippen MR) is 66.8 cm³/mol. The summed E-state index contributed by atoms with van der Waals surface area (Å²) in [5.41, 5.74) is 0.879. The van der Waals surface area contributed by atoms with Gasteiger partial charge in [0.05, 0.1) is 11.3 Å². The molecule has 0 aliphatic carbocycles. The van der Waals surface area contributed by atoms with Gasteiger partial charge in [-0.1, -0.05) is 19.1 Å². The van der Waals surface area contributed by atoms with Crippen molar-refractivity contribution in [3.05, 3.63) is 35.4 Å². The lowest BCUT2D eigenvalue weighted by Crippen LogP contribution is -2.25. The molecule has 0 aromatic heterocycles. The summed E-state index contributed by atoms with van der Waals surface area (Å²) in [5.74, 6) is -0.710. The van der Waals surface area contributed by atoms with E-state index in [1.54, 1.807) is 12.1 Å². The average Bonchev–Trinajstić information content (AvgIpc) is 2.52. The van der Waals surface area contributed by atoms with Gasteiger partial charge in [-0.15, -0.1) is 0 Å². The van der Waals surface area contributed by atoms with Gasteiger partial charge in [-0.2, -0.15) is 4.31 Å². The number of benzene rings is 1. The van der Waals surface area contributed by atoms with Crippen LogP contribution >= 0.6 is 0 Å². The lowest BCUT2D eigenvalue weighted by Gasteiger charge is -2.14. The lowest BCUT2D eigenvalue weighted by atomic mass is 10.1.